The quantitative estimate of drug-likeness (QED) is 0.530. The van der Waals surface area contributed by atoms with Crippen LogP contribution in [-0.2, 0) is 4.79 Å². The summed E-state index contributed by atoms with van der Waals surface area (Å²) in [5.41, 5.74) is 1.81. The van der Waals surface area contributed by atoms with Crippen LogP contribution in [0.5, 0.6) is 5.75 Å². The second-order valence-electron chi connectivity index (χ2n) is 8.02. The van der Waals surface area contributed by atoms with Crippen LogP contribution in [0.15, 0.2) is 18.2 Å². The first kappa shape index (κ1) is 22.7. The number of nitrogens with zero attached hydrogens (tertiary/aromatic N) is 1. The molecular weight excluding hydrogens is 352 g/mol. The van der Waals surface area contributed by atoms with Crippen molar-refractivity contribution < 1.29 is 14.6 Å². The Morgan fingerprint density at radius 3 is 2.57 bits per heavy atom. The van der Waals surface area contributed by atoms with E-state index in [-0.39, 0.29) is 11.9 Å². The Morgan fingerprint density at radius 1 is 1.21 bits per heavy atom. The maximum atomic E-state index is 12.5. The number of aryl methyl sites for hydroxylation is 1. The average molecular weight is 391 g/mol. The standard InChI is InChI=1S/C23H38N2O3/c1-4-5-6-7-8-11-22(26)24-20(17-25-14-9-10-15-25)23(27)19-12-13-21(28-3)18(2)16-19/h12-13,16,20,23,27H,4-11,14-15,17H2,1-3H3,(H,24,26). The molecule has 1 fully saturated rings. The van der Waals surface area contributed by atoms with Crippen molar-refractivity contribution >= 4 is 5.91 Å². The summed E-state index contributed by atoms with van der Waals surface area (Å²) >= 11 is 0. The molecule has 0 radical (unpaired) electrons. The van der Waals surface area contributed by atoms with Gasteiger partial charge in [-0.05, 0) is 62.5 Å². The minimum Gasteiger partial charge on any atom is -0.496 e. The zero-order chi connectivity index (χ0) is 20.4. The number of methoxy groups -OCH3 is 1. The first-order chi connectivity index (χ1) is 13.5. The zero-order valence-electron chi connectivity index (χ0n) is 17.9. The number of hydrogen-bond acceptors (Lipinski definition) is 4. The predicted molar refractivity (Wildman–Crippen MR) is 114 cm³/mol. The maximum Gasteiger partial charge on any atom is 0.220 e. The van der Waals surface area contributed by atoms with E-state index in [9.17, 15) is 9.90 Å². The summed E-state index contributed by atoms with van der Waals surface area (Å²) in [6, 6.07) is 5.44. The fourth-order valence-electron chi connectivity index (χ4n) is 3.95. The second-order valence-corrected chi connectivity index (χ2v) is 8.02. The Morgan fingerprint density at radius 2 is 1.93 bits per heavy atom. The number of nitrogens with one attached hydrogen (secondary N) is 1. The topological polar surface area (TPSA) is 61.8 Å². The van der Waals surface area contributed by atoms with Gasteiger partial charge in [0.1, 0.15) is 11.9 Å². The Balaban J connectivity index is 1.99. The lowest BCUT2D eigenvalue weighted by atomic mass is 9.99. The van der Waals surface area contributed by atoms with Crippen LogP contribution >= 0.6 is 0 Å². The van der Waals surface area contributed by atoms with E-state index in [2.05, 4.69) is 17.1 Å². The van der Waals surface area contributed by atoms with Gasteiger partial charge in [-0.2, -0.15) is 0 Å². The summed E-state index contributed by atoms with van der Waals surface area (Å²) in [5.74, 6) is 0.855. The Labute approximate surface area is 170 Å². The van der Waals surface area contributed by atoms with E-state index in [1.807, 2.05) is 25.1 Å². The smallest absolute Gasteiger partial charge is 0.220 e. The SMILES string of the molecule is CCCCCCCC(=O)NC(CN1CCCC1)C(O)c1ccc(OC)c(C)c1. The number of hydrogen-bond donors (Lipinski definition) is 2. The molecule has 2 N–H and O–H groups in total. The van der Waals surface area contributed by atoms with Crippen LogP contribution in [0, 0.1) is 6.92 Å². The summed E-state index contributed by atoms with van der Waals surface area (Å²) in [5, 5.41) is 14.2. The average Bonchev–Trinajstić information content (AvgIpc) is 3.20. The molecule has 5 heteroatoms. The third-order valence-corrected chi connectivity index (χ3v) is 5.65. The lowest BCUT2D eigenvalue weighted by Crippen LogP contribution is -2.46. The molecule has 1 aliphatic heterocycles. The van der Waals surface area contributed by atoms with Gasteiger partial charge in [-0.15, -0.1) is 0 Å². The van der Waals surface area contributed by atoms with Gasteiger partial charge in [0.2, 0.25) is 5.91 Å². The van der Waals surface area contributed by atoms with E-state index in [0.717, 1.165) is 42.8 Å². The van der Waals surface area contributed by atoms with Gasteiger partial charge in [-0.3, -0.25) is 4.79 Å². The lowest BCUT2D eigenvalue weighted by Gasteiger charge is -2.29. The summed E-state index contributed by atoms with van der Waals surface area (Å²) in [7, 11) is 1.65. The Bertz CT molecular complexity index is 600. The molecule has 28 heavy (non-hydrogen) atoms. The predicted octanol–water partition coefficient (Wildman–Crippen LogP) is 3.98. The number of carbonyl (C=O) groups is 1. The Kier molecular flexibility index (Phi) is 9.79. The minimum absolute atomic E-state index is 0.0463. The fourth-order valence-corrected chi connectivity index (χ4v) is 3.95. The number of likely N-dealkylation sites (tertiary alicyclic amines) is 1. The van der Waals surface area contributed by atoms with Crippen LogP contribution in [0.4, 0.5) is 0 Å². The third kappa shape index (κ3) is 7.10. The molecule has 0 bridgehead atoms. The number of ether oxygens (including phenoxy) is 1. The highest BCUT2D eigenvalue weighted by molar-refractivity contribution is 5.76. The number of amides is 1. The van der Waals surface area contributed by atoms with E-state index in [4.69, 9.17) is 4.74 Å². The van der Waals surface area contributed by atoms with Gasteiger partial charge in [0.05, 0.1) is 13.2 Å². The summed E-state index contributed by atoms with van der Waals surface area (Å²) in [6.07, 6.45) is 7.83. The molecule has 0 saturated carbocycles. The van der Waals surface area contributed by atoms with Crippen molar-refractivity contribution in [1.29, 1.82) is 0 Å². The van der Waals surface area contributed by atoms with Crippen molar-refractivity contribution in [3.8, 4) is 5.75 Å². The van der Waals surface area contributed by atoms with E-state index < -0.39 is 6.10 Å². The number of unbranched alkanes of at least 4 members (excludes halogenated alkanes) is 4. The first-order valence-corrected chi connectivity index (χ1v) is 10.9. The lowest BCUT2D eigenvalue weighted by molar-refractivity contribution is -0.123. The van der Waals surface area contributed by atoms with Crippen LogP contribution in [0.1, 0.15) is 75.5 Å². The van der Waals surface area contributed by atoms with Crippen molar-refractivity contribution in [2.24, 2.45) is 0 Å². The normalized spacial score (nSPS) is 16.7. The molecule has 1 heterocycles. The van der Waals surface area contributed by atoms with Gasteiger partial charge in [-0.25, -0.2) is 0 Å². The van der Waals surface area contributed by atoms with E-state index in [1.54, 1.807) is 7.11 Å². The molecule has 158 valence electrons. The molecule has 1 aliphatic rings. The third-order valence-electron chi connectivity index (χ3n) is 5.65. The number of benzene rings is 1. The molecule has 0 aromatic heterocycles. The summed E-state index contributed by atoms with van der Waals surface area (Å²) in [6.45, 7) is 6.93. The molecule has 1 aromatic carbocycles. The zero-order valence-corrected chi connectivity index (χ0v) is 17.9. The number of aliphatic hydroxyl groups excluding tert-OH is 1. The van der Waals surface area contributed by atoms with Gasteiger partial charge >= 0.3 is 0 Å². The Hall–Kier alpha value is -1.59. The van der Waals surface area contributed by atoms with Crippen LogP contribution < -0.4 is 10.1 Å². The summed E-state index contributed by atoms with van der Waals surface area (Å²) < 4.78 is 5.32. The van der Waals surface area contributed by atoms with Crippen molar-refractivity contribution in [2.45, 2.75) is 77.4 Å². The molecule has 1 saturated heterocycles. The minimum atomic E-state index is -0.728. The number of rotatable bonds is 12. The van der Waals surface area contributed by atoms with Crippen LogP contribution in [0.3, 0.4) is 0 Å². The molecule has 0 spiro atoms. The molecule has 2 unspecified atom stereocenters. The largest absolute Gasteiger partial charge is 0.496 e. The van der Waals surface area contributed by atoms with E-state index in [0.29, 0.717) is 13.0 Å². The van der Waals surface area contributed by atoms with Crippen molar-refractivity contribution in [3.05, 3.63) is 29.3 Å². The van der Waals surface area contributed by atoms with E-state index in [1.165, 1.54) is 32.1 Å². The van der Waals surface area contributed by atoms with E-state index >= 15 is 0 Å². The second kappa shape index (κ2) is 12.1. The van der Waals surface area contributed by atoms with Gasteiger partial charge in [0.15, 0.2) is 0 Å². The highest BCUT2D eigenvalue weighted by atomic mass is 16.5. The molecular formula is C23H38N2O3. The van der Waals surface area contributed by atoms with Gasteiger partial charge in [0, 0.05) is 13.0 Å². The molecule has 5 nitrogen and oxygen atoms in total. The molecule has 2 rings (SSSR count). The molecule has 2 atom stereocenters. The van der Waals surface area contributed by atoms with Crippen molar-refractivity contribution in [1.82, 2.24) is 10.2 Å². The highest BCUT2D eigenvalue weighted by Gasteiger charge is 2.26. The maximum absolute atomic E-state index is 12.5. The molecule has 1 aromatic rings. The summed E-state index contributed by atoms with van der Waals surface area (Å²) in [4.78, 5) is 14.8. The van der Waals surface area contributed by atoms with Gasteiger partial charge in [0.25, 0.3) is 0 Å². The van der Waals surface area contributed by atoms with Gasteiger partial charge in [-0.1, -0.05) is 38.7 Å². The van der Waals surface area contributed by atoms with Gasteiger partial charge < -0.3 is 20.1 Å². The van der Waals surface area contributed by atoms with Crippen molar-refractivity contribution in [2.75, 3.05) is 26.7 Å². The number of carbonyl (C=O) groups excluding carboxylic acids is 1. The van der Waals surface area contributed by atoms with Crippen molar-refractivity contribution in [3.63, 3.8) is 0 Å². The highest BCUT2D eigenvalue weighted by Crippen LogP contribution is 2.25. The van der Waals surface area contributed by atoms with Crippen LogP contribution in [0.2, 0.25) is 0 Å². The fraction of sp³-hybridized carbons (Fsp3) is 0.696. The number of aliphatic hydroxyl groups is 1. The first-order valence-electron chi connectivity index (χ1n) is 10.9. The monoisotopic (exact) mass is 390 g/mol. The van der Waals surface area contributed by atoms with Crippen LogP contribution in [-0.4, -0.2) is 48.7 Å². The van der Waals surface area contributed by atoms with Crippen LogP contribution in [0.25, 0.3) is 0 Å². The molecule has 1 amide bonds. The molecule has 0 aliphatic carbocycles.